The highest BCUT2D eigenvalue weighted by Crippen LogP contribution is 2.31. The molecule has 1 saturated heterocycles. The summed E-state index contributed by atoms with van der Waals surface area (Å²) in [6.07, 6.45) is 8.05. The number of hydrogen-bond acceptors (Lipinski definition) is 5. The Labute approximate surface area is 164 Å². The molecule has 4 rings (SSSR count). The SMILES string of the molecule is CCC(=O)N1C[C@H](Nc2c(C(=O)OCC3CC3)cnc3[nH]ccc23)CC[C@@H]1C. The molecule has 2 fully saturated rings. The van der Waals surface area contributed by atoms with Gasteiger partial charge in [-0.3, -0.25) is 4.79 Å². The van der Waals surface area contributed by atoms with E-state index in [1.54, 1.807) is 6.20 Å². The molecule has 28 heavy (non-hydrogen) atoms. The number of esters is 1. The van der Waals surface area contributed by atoms with Crippen LogP contribution in [0.4, 0.5) is 5.69 Å². The van der Waals surface area contributed by atoms with E-state index in [4.69, 9.17) is 4.74 Å². The monoisotopic (exact) mass is 384 g/mol. The summed E-state index contributed by atoms with van der Waals surface area (Å²) in [5, 5.41) is 4.41. The van der Waals surface area contributed by atoms with Crippen LogP contribution in [0, 0.1) is 5.92 Å². The minimum Gasteiger partial charge on any atom is -0.462 e. The minimum absolute atomic E-state index is 0.0854. The van der Waals surface area contributed by atoms with Crippen LogP contribution in [0.2, 0.25) is 0 Å². The zero-order valence-electron chi connectivity index (χ0n) is 16.5. The van der Waals surface area contributed by atoms with Crippen LogP contribution in [0.15, 0.2) is 18.5 Å². The molecule has 2 atom stereocenters. The van der Waals surface area contributed by atoms with Crippen LogP contribution in [0.1, 0.15) is 56.3 Å². The van der Waals surface area contributed by atoms with Gasteiger partial charge < -0.3 is 19.9 Å². The Bertz CT molecular complexity index is 874. The van der Waals surface area contributed by atoms with Gasteiger partial charge in [-0.2, -0.15) is 0 Å². The Morgan fingerprint density at radius 2 is 2.14 bits per heavy atom. The second kappa shape index (κ2) is 7.81. The summed E-state index contributed by atoms with van der Waals surface area (Å²) in [6, 6.07) is 2.25. The van der Waals surface area contributed by atoms with Crippen molar-refractivity contribution < 1.29 is 14.3 Å². The summed E-state index contributed by atoms with van der Waals surface area (Å²) >= 11 is 0. The number of pyridine rings is 1. The number of fused-ring (bicyclic) bond motifs is 1. The molecule has 2 aromatic heterocycles. The smallest absolute Gasteiger partial charge is 0.341 e. The van der Waals surface area contributed by atoms with E-state index in [0.717, 1.165) is 42.4 Å². The first-order valence-electron chi connectivity index (χ1n) is 10.3. The van der Waals surface area contributed by atoms with E-state index in [-0.39, 0.29) is 24.0 Å². The van der Waals surface area contributed by atoms with Crippen molar-refractivity contribution in [2.75, 3.05) is 18.5 Å². The summed E-state index contributed by atoms with van der Waals surface area (Å²) in [4.78, 5) is 34.4. The van der Waals surface area contributed by atoms with Gasteiger partial charge in [-0.1, -0.05) is 6.92 Å². The molecule has 7 heteroatoms. The fourth-order valence-corrected chi connectivity index (χ4v) is 3.85. The van der Waals surface area contributed by atoms with Gasteiger partial charge in [0.1, 0.15) is 11.2 Å². The van der Waals surface area contributed by atoms with Crippen LogP contribution in [-0.4, -0.2) is 52.0 Å². The fraction of sp³-hybridized carbons (Fsp3) is 0.571. The summed E-state index contributed by atoms with van der Waals surface area (Å²) in [5.41, 5.74) is 1.93. The number of nitrogens with zero attached hydrogens (tertiary/aromatic N) is 2. The van der Waals surface area contributed by atoms with Crippen LogP contribution in [-0.2, 0) is 9.53 Å². The number of ether oxygens (including phenoxy) is 1. The van der Waals surface area contributed by atoms with Crippen molar-refractivity contribution >= 4 is 28.6 Å². The van der Waals surface area contributed by atoms with Crippen LogP contribution in [0.3, 0.4) is 0 Å². The van der Waals surface area contributed by atoms with Crippen LogP contribution >= 0.6 is 0 Å². The van der Waals surface area contributed by atoms with Crippen LogP contribution < -0.4 is 5.32 Å². The number of aromatic nitrogens is 2. The number of piperidine rings is 1. The van der Waals surface area contributed by atoms with Crippen molar-refractivity contribution in [2.24, 2.45) is 5.92 Å². The molecule has 0 unspecified atom stereocenters. The second-order valence-corrected chi connectivity index (χ2v) is 8.00. The Morgan fingerprint density at radius 3 is 2.89 bits per heavy atom. The lowest BCUT2D eigenvalue weighted by Crippen LogP contribution is -2.49. The third-order valence-electron chi connectivity index (χ3n) is 5.81. The van der Waals surface area contributed by atoms with Gasteiger partial charge in [0.05, 0.1) is 12.3 Å². The van der Waals surface area contributed by atoms with E-state index in [2.05, 4.69) is 22.2 Å². The van der Waals surface area contributed by atoms with Crippen molar-refractivity contribution in [1.29, 1.82) is 0 Å². The lowest BCUT2D eigenvalue weighted by molar-refractivity contribution is -0.134. The highest BCUT2D eigenvalue weighted by atomic mass is 16.5. The minimum atomic E-state index is -0.337. The second-order valence-electron chi connectivity index (χ2n) is 8.00. The highest BCUT2D eigenvalue weighted by Gasteiger charge is 2.30. The van der Waals surface area contributed by atoms with Crippen molar-refractivity contribution in [1.82, 2.24) is 14.9 Å². The lowest BCUT2D eigenvalue weighted by Gasteiger charge is -2.38. The number of nitrogens with one attached hydrogen (secondary N) is 2. The topological polar surface area (TPSA) is 87.3 Å². The summed E-state index contributed by atoms with van der Waals surface area (Å²) in [6.45, 7) is 5.11. The number of aromatic amines is 1. The first-order valence-corrected chi connectivity index (χ1v) is 10.3. The molecule has 0 radical (unpaired) electrons. The maximum atomic E-state index is 12.7. The average Bonchev–Trinajstić information content (AvgIpc) is 3.41. The first kappa shape index (κ1) is 18.8. The number of hydrogen-bond donors (Lipinski definition) is 2. The molecule has 0 aromatic carbocycles. The third kappa shape index (κ3) is 3.84. The predicted octanol–water partition coefficient (Wildman–Crippen LogP) is 3.33. The van der Waals surface area contributed by atoms with E-state index >= 15 is 0 Å². The Balaban J connectivity index is 1.57. The molecule has 1 amide bonds. The van der Waals surface area contributed by atoms with Gasteiger partial charge in [0, 0.05) is 42.8 Å². The third-order valence-corrected chi connectivity index (χ3v) is 5.81. The summed E-state index contributed by atoms with van der Waals surface area (Å²) in [5.74, 6) is 0.345. The van der Waals surface area contributed by atoms with E-state index in [1.807, 2.05) is 24.1 Å². The molecule has 2 aliphatic rings. The van der Waals surface area contributed by atoms with Gasteiger partial charge in [0.25, 0.3) is 0 Å². The lowest BCUT2D eigenvalue weighted by atomic mass is 9.98. The highest BCUT2D eigenvalue weighted by molar-refractivity contribution is 6.04. The van der Waals surface area contributed by atoms with E-state index in [1.165, 1.54) is 0 Å². The molecule has 150 valence electrons. The molecule has 0 bridgehead atoms. The Morgan fingerprint density at radius 1 is 1.32 bits per heavy atom. The number of carbonyl (C=O) groups is 2. The number of likely N-dealkylation sites (tertiary alicyclic amines) is 1. The van der Waals surface area contributed by atoms with Gasteiger partial charge in [-0.25, -0.2) is 9.78 Å². The average molecular weight is 384 g/mol. The Kier molecular flexibility index (Phi) is 5.24. The molecule has 1 saturated carbocycles. The molecule has 2 N–H and O–H groups in total. The van der Waals surface area contributed by atoms with Gasteiger partial charge >= 0.3 is 5.97 Å². The predicted molar refractivity (Wildman–Crippen MR) is 107 cm³/mol. The van der Waals surface area contributed by atoms with Crippen molar-refractivity contribution in [3.63, 3.8) is 0 Å². The van der Waals surface area contributed by atoms with Crippen molar-refractivity contribution in [2.45, 2.75) is 58.0 Å². The quantitative estimate of drug-likeness (QED) is 0.746. The number of H-pyrrole nitrogens is 1. The maximum Gasteiger partial charge on any atom is 0.341 e. The summed E-state index contributed by atoms with van der Waals surface area (Å²) in [7, 11) is 0. The van der Waals surface area contributed by atoms with Crippen molar-refractivity contribution in [3.05, 3.63) is 24.0 Å². The maximum absolute atomic E-state index is 12.7. The van der Waals surface area contributed by atoms with Gasteiger partial charge in [0.15, 0.2) is 0 Å². The zero-order valence-corrected chi connectivity index (χ0v) is 16.5. The molecular weight excluding hydrogens is 356 g/mol. The number of amides is 1. The standard InChI is InChI=1S/C21H28N4O3/c1-3-18(26)25-11-15(7-4-13(25)2)24-19-16-8-9-22-20(16)23-10-17(19)21(27)28-12-14-5-6-14/h8-10,13-15H,3-7,11-12H2,1-2H3,(H2,22,23,24)/t13-,15+/m0/s1. The molecule has 2 aromatic rings. The van der Waals surface area contributed by atoms with Crippen LogP contribution in [0.5, 0.6) is 0 Å². The normalized spacial score (nSPS) is 22.3. The number of carbonyl (C=O) groups excluding carboxylic acids is 2. The molecule has 0 spiro atoms. The van der Waals surface area contributed by atoms with Crippen molar-refractivity contribution in [3.8, 4) is 0 Å². The van der Waals surface area contributed by atoms with E-state index in [9.17, 15) is 9.59 Å². The number of rotatable bonds is 6. The fourth-order valence-electron chi connectivity index (χ4n) is 3.85. The van der Waals surface area contributed by atoms with Gasteiger partial charge in [0.2, 0.25) is 5.91 Å². The molecule has 1 aliphatic carbocycles. The first-order chi connectivity index (χ1) is 13.6. The van der Waals surface area contributed by atoms with Gasteiger partial charge in [-0.15, -0.1) is 0 Å². The Hall–Kier alpha value is -2.57. The van der Waals surface area contributed by atoms with E-state index < -0.39 is 0 Å². The molecular formula is C21H28N4O3. The largest absolute Gasteiger partial charge is 0.462 e. The van der Waals surface area contributed by atoms with E-state index in [0.29, 0.717) is 31.1 Å². The molecule has 3 heterocycles. The van der Waals surface area contributed by atoms with Gasteiger partial charge in [-0.05, 0) is 44.6 Å². The molecule has 7 nitrogen and oxygen atoms in total. The molecule has 1 aliphatic heterocycles. The number of anilines is 1. The summed E-state index contributed by atoms with van der Waals surface area (Å²) < 4.78 is 5.51. The van der Waals surface area contributed by atoms with Crippen LogP contribution in [0.25, 0.3) is 11.0 Å². The zero-order chi connectivity index (χ0) is 19.7.